The summed E-state index contributed by atoms with van der Waals surface area (Å²) in [5, 5.41) is 9.17. The molecule has 0 radical (unpaired) electrons. The van der Waals surface area contributed by atoms with E-state index < -0.39 is 11.9 Å². The number of methoxy groups -OCH3 is 1. The van der Waals surface area contributed by atoms with Gasteiger partial charge in [-0.2, -0.15) is 0 Å². The number of ether oxygens (including phenoxy) is 2. The lowest BCUT2D eigenvalue weighted by Crippen LogP contribution is -2.17. The van der Waals surface area contributed by atoms with Gasteiger partial charge in [0, 0.05) is 12.0 Å². The summed E-state index contributed by atoms with van der Waals surface area (Å²) < 4.78 is 25.6. The van der Waals surface area contributed by atoms with Gasteiger partial charge in [-0.1, -0.05) is 49.4 Å². The van der Waals surface area contributed by atoms with E-state index in [1.54, 1.807) is 26.2 Å². The molecule has 0 bridgehead atoms. The average Bonchev–Trinajstić information content (AvgIpc) is 2.79. The molecule has 1 heterocycles. The molecule has 0 fully saturated rings. The molecule has 1 aliphatic rings. The van der Waals surface area contributed by atoms with Crippen LogP contribution in [-0.2, 0) is 29.0 Å². The van der Waals surface area contributed by atoms with Gasteiger partial charge in [0.1, 0.15) is 11.6 Å². The zero-order chi connectivity index (χ0) is 22.0. The van der Waals surface area contributed by atoms with Gasteiger partial charge < -0.3 is 14.6 Å². The summed E-state index contributed by atoms with van der Waals surface area (Å²) >= 11 is 0. The Bertz CT molecular complexity index is 1090. The van der Waals surface area contributed by atoms with Gasteiger partial charge in [-0.25, -0.2) is 4.39 Å². The molecule has 2 unspecified atom stereocenters. The Kier molecular flexibility index (Phi) is 6.05. The molecule has 3 aromatic carbocycles. The van der Waals surface area contributed by atoms with Crippen molar-refractivity contribution in [1.82, 2.24) is 0 Å². The summed E-state index contributed by atoms with van der Waals surface area (Å²) in [5.41, 5.74) is 5.66. The van der Waals surface area contributed by atoms with Crippen LogP contribution in [0.4, 0.5) is 4.39 Å². The van der Waals surface area contributed by atoms with Gasteiger partial charge in [-0.3, -0.25) is 4.79 Å². The Morgan fingerprint density at radius 2 is 1.90 bits per heavy atom. The first-order chi connectivity index (χ1) is 14.9. The highest BCUT2D eigenvalue weighted by molar-refractivity contribution is 5.70. The number of rotatable bonds is 6. The second kappa shape index (κ2) is 8.90. The van der Waals surface area contributed by atoms with Gasteiger partial charge in [0.05, 0.1) is 25.7 Å². The number of carboxylic acid groups (broad SMARTS) is 1. The molecular formula is C26H25FO4. The molecule has 31 heavy (non-hydrogen) atoms. The lowest BCUT2D eigenvalue weighted by molar-refractivity contribution is -0.141. The van der Waals surface area contributed by atoms with Crippen molar-refractivity contribution in [3.63, 3.8) is 0 Å². The van der Waals surface area contributed by atoms with E-state index in [1.807, 2.05) is 36.4 Å². The fourth-order valence-electron chi connectivity index (χ4n) is 3.97. The molecule has 0 saturated heterocycles. The maximum Gasteiger partial charge on any atom is 0.306 e. The monoisotopic (exact) mass is 420 g/mol. The summed E-state index contributed by atoms with van der Waals surface area (Å²) in [6.07, 6.45) is 1.13. The van der Waals surface area contributed by atoms with Crippen molar-refractivity contribution in [2.45, 2.75) is 32.5 Å². The minimum absolute atomic E-state index is 0.0937. The largest absolute Gasteiger partial charge is 0.497 e. The third-order valence-electron chi connectivity index (χ3n) is 5.85. The molecule has 4 rings (SSSR count). The van der Waals surface area contributed by atoms with Crippen molar-refractivity contribution in [3.05, 3.63) is 88.7 Å². The van der Waals surface area contributed by atoms with Gasteiger partial charge in [0.2, 0.25) is 0 Å². The quantitative estimate of drug-likeness (QED) is 0.566. The molecule has 0 amide bonds. The van der Waals surface area contributed by atoms with Crippen molar-refractivity contribution in [2.24, 2.45) is 5.92 Å². The second-order valence-corrected chi connectivity index (χ2v) is 8.02. The van der Waals surface area contributed by atoms with E-state index in [-0.39, 0.29) is 11.9 Å². The van der Waals surface area contributed by atoms with Crippen LogP contribution in [0.25, 0.3) is 11.1 Å². The van der Waals surface area contributed by atoms with Crippen molar-refractivity contribution in [1.29, 1.82) is 0 Å². The van der Waals surface area contributed by atoms with Crippen LogP contribution in [0.1, 0.15) is 35.3 Å². The third kappa shape index (κ3) is 4.62. The first kappa shape index (κ1) is 21.1. The van der Waals surface area contributed by atoms with E-state index in [9.17, 15) is 14.3 Å². The molecule has 0 spiro atoms. The Labute approximate surface area is 181 Å². The van der Waals surface area contributed by atoms with Crippen LogP contribution in [-0.4, -0.2) is 18.2 Å². The smallest absolute Gasteiger partial charge is 0.306 e. The first-order valence-corrected chi connectivity index (χ1v) is 10.3. The van der Waals surface area contributed by atoms with Crippen LogP contribution in [0, 0.1) is 11.7 Å². The maximum atomic E-state index is 14.3. The van der Waals surface area contributed by atoms with Gasteiger partial charge in [-0.05, 0) is 52.4 Å². The highest BCUT2D eigenvalue weighted by Gasteiger charge is 2.22. The van der Waals surface area contributed by atoms with Crippen molar-refractivity contribution in [2.75, 3.05) is 7.11 Å². The van der Waals surface area contributed by atoms with Crippen molar-refractivity contribution >= 4 is 5.97 Å². The van der Waals surface area contributed by atoms with E-state index in [2.05, 4.69) is 6.07 Å². The minimum atomic E-state index is -0.786. The summed E-state index contributed by atoms with van der Waals surface area (Å²) in [5.74, 6) is -0.884. The molecular weight excluding hydrogens is 395 g/mol. The van der Waals surface area contributed by atoms with Gasteiger partial charge in [-0.15, -0.1) is 0 Å². The van der Waals surface area contributed by atoms with Gasteiger partial charge in [0.25, 0.3) is 0 Å². The number of fused-ring (bicyclic) bond motifs is 1. The van der Waals surface area contributed by atoms with Crippen LogP contribution < -0.4 is 4.74 Å². The summed E-state index contributed by atoms with van der Waals surface area (Å²) in [4.78, 5) is 11.2. The highest BCUT2D eigenvalue weighted by Crippen LogP contribution is 2.33. The summed E-state index contributed by atoms with van der Waals surface area (Å²) in [6, 6.07) is 18.6. The lowest BCUT2D eigenvalue weighted by Gasteiger charge is -2.26. The highest BCUT2D eigenvalue weighted by atomic mass is 19.1. The van der Waals surface area contributed by atoms with E-state index in [0.717, 1.165) is 28.7 Å². The summed E-state index contributed by atoms with van der Waals surface area (Å²) in [7, 11) is 1.56. The Morgan fingerprint density at radius 1 is 1.13 bits per heavy atom. The van der Waals surface area contributed by atoms with E-state index in [1.165, 1.54) is 11.6 Å². The molecule has 3 aromatic rings. The molecule has 2 atom stereocenters. The first-order valence-electron chi connectivity index (χ1n) is 10.3. The molecule has 160 valence electrons. The number of carboxylic acids is 1. The lowest BCUT2D eigenvalue weighted by atomic mass is 9.91. The van der Waals surface area contributed by atoms with E-state index in [4.69, 9.17) is 9.47 Å². The fraction of sp³-hybridized carbons (Fsp3) is 0.269. The summed E-state index contributed by atoms with van der Waals surface area (Å²) in [6.45, 7) is 2.24. The molecule has 4 nitrogen and oxygen atoms in total. The zero-order valence-electron chi connectivity index (χ0n) is 17.6. The van der Waals surface area contributed by atoms with Crippen LogP contribution >= 0.6 is 0 Å². The maximum absolute atomic E-state index is 14.3. The van der Waals surface area contributed by atoms with Gasteiger partial charge in [0.15, 0.2) is 0 Å². The standard InChI is InChI=1S/C26H25FO4/c1-16(26(28)29)11-17-3-4-20-15-31-25(13-21(20)12-17)19-7-5-18(6-8-19)23-14-22(30-2)9-10-24(23)27/h3-10,12,14,16,25H,11,13,15H2,1-2H3,(H,28,29). The number of carbonyl (C=O) groups is 1. The van der Waals surface area contributed by atoms with E-state index in [0.29, 0.717) is 24.3 Å². The second-order valence-electron chi connectivity index (χ2n) is 8.02. The topological polar surface area (TPSA) is 55.8 Å². The number of hydrogen-bond donors (Lipinski definition) is 1. The molecule has 0 aromatic heterocycles. The van der Waals surface area contributed by atoms with Gasteiger partial charge >= 0.3 is 5.97 Å². The molecule has 5 heteroatoms. The van der Waals surface area contributed by atoms with Crippen LogP contribution in [0.15, 0.2) is 60.7 Å². The minimum Gasteiger partial charge on any atom is -0.497 e. The van der Waals surface area contributed by atoms with Crippen molar-refractivity contribution < 1.29 is 23.8 Å². The molecule has 0 saturated carbocycles. The third-order valence-corrected chi connectivity index (χ3v) is 5.85. The number of halogens is 1. The van der Waals surface area contributed by atoms with Crippen LogP contribution in [0.3, 0.4) is 0 Å². The fourth-order valence-corrected chi connectivity index (χ4v) is 3.97. The normalized spacial score (nSPS) is 16.4. The SMILES string of the molecule is COc1ccc(F)c(-c2ccc(C3Cc4cc(CC(C)C(=O)O)ccc4CO3)cc2)c1. The van der Waals surface area contributed by atoms with Crippen LogP contribution in [0.5, 0.6) is 5.75 Å². The van der Waals surface area contributed by atoms with E-state index >= 15 is 0 Å². The van der Waals surface area contributed by atoms with Crippen molar-refractivity contribution in [3.8, 4) is 16.9 Å². The number of hydrogen-bond acceptors (Lipinski definition) is 3. The molecule has 1 aliphatic heterocycles. The zero-order valence-corrected chi connectivity index (χ0v) is 17.6. The molecule has 1 N–H and O–H groups in total. The number of aliphatic carboxylic acids is 1. The number of benzene rings is 3. The predicted octanol–water partition coefficient (Wildman–Crippen LogP) is 5.58. The average molecular weight is 420 g/mol. The Balaban J connectivity index is 1.52. The van der Waals surface area contributed by atoms with Crippen LogP contribution in [0.2, 0.25) is 0 Å². The predicted molar refractivity (Wildman–Crippen MR) is 117 cm³/mol. The Hall–Kier alpha value is -3.18. The molecule has 0 aliphatic carbocycles. The Morgan fingerprint density at radius 3 is 2.61 bits per heavy atom.